The highest BCUT2D eigenvalue weighted by atomic mass is 127. The quantitative estimate of drug-likeness (QED) is 0.580. The van der Waals surface area contributed by atoms with Crippen molar-refractivity contribution in [2.24, 2.45) is 0 Å². The predicted molar refractivity (Wildman–Crippen MR) is 56.2 cm³/mol. The van der Waals surface area contributed by atoms with Crippen LogP contribution in [0.2, 0.25) is 0 Å². The van der Waals surface area contributed by atoms with Crippen molar-refractivity contribution in [3.8, 4) is 0 Å². The summed E-state index contributed by atoms with van der Waals surface area (Å²) in [5, 5.41) is 0. The number of carbonyl (C=O) groups is 1. The lowest BCUT2D eigenvalue weighted by Gasteiger charge is -2.03. The van der Waals surface area contributed by atoms with E-state index in [0.29, 0.717) is 6.42 Å². The third-order valence-electron chi connectivity index (χ3n) is 2.21. The van der Waals surface area contributed by atoms with Crippen LogP contribution in [0.5, 0.6) is 0 Å². The molecule has 1 aromatic carbocycles. The molecule has 0 bridgehead atoms. The highest BCUT2D eigenvalue weighted by molar-refractivity contribution is 14.1. The van der Waals surface area contributed by atoms with Crippen molar-refractivity contribution in [3.05, 3.63) is 26.8 Å². The summed E-state index contributed by atoms with van der Waals surface area (Å²) in [5.41, 5.74) is 8.50. The van der Waals surface area contributed by atoms with Crippen molar-refractivity contribution in [1.29, 1.82) is 0 Å². The summed E-state index contributed by atoms with van der Waals surface area (Å²) in [6.45, 7) is 0. The van der Waals surface area contributed by atoms with Crippen LogP contribution in [0.3, 0.4) is 0 Å². The Balaban J connectivity index is 2.68. The van der Waals surface area contributed by atoms with Crippen molar-refractivity contribution < 1.29 is 4.79 Å². The van der Waals surface area contributed by atoms with Gasteiger partial charge in [-0.3, -0.25) is 4.79 Å². The average molecular weight is 273 g/mol. The van der Waals surface area contributed by atoms with Crippen LogP contribution in [0.15, 0.2) is 12.1 Å². The molecular formula is C9H8INO. The molecule has 12 heavy (non-hydrogen) atoms. The minimum absolute atomic E-state index is 0.230. The van der Waals surface area contributed by atoms with Gasteiger partial charge in [0.15, 0.2) is 5.78 Å². The van der Waals surface area contributed by atoms with Crippen molar-refractivity contribution >= 4 is 34.1 Å². The van der Waals surface area contributed by atoms with Gasteiger partial charge in [-0.1, -0.05) is 0 Å². The monoisotopic (exact) mass is 273 g/mol. The Bertz CT molecular complexity index is 360. The largest absolute Gasteiger partial charge is 0.398 e. The van der Waals surface area contributed by atoms with Gasteiger partial charge in [-0.25, -0.2) is 0 Å². The summed E-state index contributed by atoms with van der Waals surface area (Å²) in [6, 6.07) is 3.78. The lowest BCUT2D eigenvalue weighted by atomic mass is 10.1. The average Bonchev–Trinajstić information content (AvgIpc) is 2.41. The van der Waals surface area contributed by atoms with E-state index >= 15 is 0 Å². The van der Waals surface area contributed by atoms with Crippen LogP contribution < -0.4 is 5.73 Å². The van der Waals surface area contributed by atoms with Crippen molar-refractivity contribution in [1.82, 2.24) is 0 Å². The molecule has 0 spiro atoms. The second kappa shape index (κ2) is 2.73. The van der Waals surface area contributed by atoms with Crippen molar-refractivity contribution in [3.63, 3.8) is 0 Å². The molecule has 1 aromatic rings. The van der Waals surface area contributed by atoms with Crippen LogP contribution in [0.4, 0.5) is 5.69 Å². The highest BCUT2D eigenvalue weighted by Gasteiger charge is 2.21. The lowest BCUT2D eigenvalue weighted by molar-refractivity contribution is 0.0994. The van der Waals surface area contributed by atoms with E-state index in [1.165, 1.54) is 0 Å². The first-order chi connectivity index (χ1) is 5.70. The van der Waals surface area contributed by atoms with Gasteiger partial charge in [0.25, 0.3) is 0 Å². The number of benzene rings is 1. The molecule has 2 N–H and O–H groups in total. The zero-order valence-corrected chi connectivity index (χ0v) is 8.59. The summed E-state index contributed by atoms with van der Waals surface area (Å²) in [5.74, 6) is 0.230. The number of nitrogens with two attached hydrogens (primary N) is 1. The molecule has 0 aromatic heterocycles. The lowest BCUT2D eigenvalue weighted by Crippen LogP contribution is -1.97. The van der Waals surface area contributed by atoms with Crippen LogP contribution in [0, 0.1) is 3.57 Å². The molecule has 1 aliphatic rings. The molecule has 0 saturated heterocycles. The Morgan fingerprint density at radius 1 is 1.33 bits per heavy atom. The molecule has 3 heteroatoms. The van der Waals surface area contributed by atoms with Gasteiger partial charge in [-0.05, 0) is 46.7 Å². The third-order valence-corrected chi connectivity index (χ3v) is 3.15. The summed E-state index contributed by atoms with van der Waals surface area (Å²) < 4.78 is 1.04. The van der Waals surface area contributed by atoms with E-state index < -0.39 is 0 Å². The molecular weight excluding hydrogens is 265 g/mol. The Kier molecular flexibility index (Phi) is 1.83. The molecule has 0 aliphatic heterocycles. The first-order valence-corrected chi connectivity index (χ1v) is 4.88. The van der Waals surface area contributed by atoms with Gasteiger partial charge in [0.05, 0.1) is 0 Å². The maximum absolute atomic E-state index is 11.3. The van der Waals surface area contributed by atoms with E-state index in [1.54, 1.807) is 0 Å². The number of hydrogen-bond donors (Lipinski definition) is 1. The molecule has 0 fully saturated rings. The number of fused-ring (bicyclic) bond motifs is 1. The van der Waals surface area contributed by atoms with Crippen LogP contribution in [-0.4, -0.2) is 5.78 Å². The smallest absolute Gasteiger partial charge is 0.163 e. The molecule has 0 atom stereocenters. The highest BCUT2D eigenvalue weighted by Crippen LogP contribution is 2.30. The van der Waals surface area contributed by atoms with E-state index in [4.69, 9.17) is 5.73 Å². The van der Waals surface area contributed by atoms with Crippen LogP contribution in [-0.2, 0) is 6.42 Å². The number of anilines is 1. The molecule has 2 rings (SSSR count). The fourth-order valence-corrected chi connectivity index (χ4v) is 2.05. The number of halogens is 1. The SMILES string of the molecule is Nc1c(I)ccc2c1CCC2=O. The van der Waals surface area contributed by atoms with E-state index in [0.717, 1.165) is 26.8 Å². The normalized spacial score (nSPS) is 14.9. The van der Waals surface area contributed by atoms with Gasteiger partial charge in [0.2, 0.25) is 0 Å². The van der Waals surface area contributed by atoms with Gasteiger partial charge >= 0.3 is 0 Å². The zero-order chi connectivity index (χ0) is 8.72. The first-order valence-electron chi connectivity index (χ1n) is 3.80. The fraction of sp³-hybridized carbons (Fsp3) is 0.222. The van der Waals surface area contributed by atoms with Crippen LogP contribution in [0.25, 0.3) is 0 Å². The molecule has 1 aliphatic carbocycles. The summed E-state index contributed by atoms with van der Waals surface area (Å²) in [6.07, 6.45) is 1.44. The topological polar surface area (TPSA) is 43.1 Å². The number of rotatable bonds is 0. The Labute approximate surface area is 84.3 Å². The molecule has 0 amide bonds. The van der Waals surface area contributed by atoms with Gasteiger partial charge in [-0.2, -0.15) is 0 Å². The maximum atomic E-state index is 11.3. The van der Waals surface area contributed by atoms with Crippen LogP contribution >= 0.6 is 22.6 Å². The Morgan fingerprint density at radius 3 is 2.83 bits per heavy atom. The molecule has 2 nitrogen and oxygen atoms in total. The number of nitrogen functional groups attached to an aromatic ring is 1. The van der Waals surface area contributed by atoms with E-state index in [1.807, 2.05) is 12.1 Å². The molecule has 0 heterocycles. The number of ketones is 1. The van der Waals surface area contributed by atoms with Gasteiger partial charge in [-0.15, -0.1) is 0 Å². The zero-order valence-electron chi connectivity index (χ0n) is 6.43. The molecule has 0 radical (unpaired) electrons. The second-order valence-electron chi connectivity index (χ2n) is 2.91. The molecule has 0 unspecified atom stereocenters. The fourth-order valence-electron chi connectivity index (χ4n) is 1.54. The van der Waals surface area contributed by atoms with Crippen molar-refractivity contribution in [2.75, 3.05) is 5.73 Å². The standard InChI is InChI=1S/C9H8INO/c10-7-3-1-5-6(9(7)11)2-4-8(5)12/h1,3H,2,4,11H2. The second-order valence-corrected chi connectivity index (χ2v) is 4.07. The number of hydrogen-bond acceptors (Lipinski definition) is 2. The number of Topliss-reactive ketones (excluding diaryl/α,β-unsaturated/α-hetero) is 1. The van der Waals surface area contributed by atoms with Crippen LogP contribution in [0.1, 0.15) is 22.3 Å². The van der Waals surface area contributed by atoms with E-state index in [9.17, 15) is 4.79 Å². The van der Waals surface area contributed by atoms with Gasteiger partial charge in [0.1, 0.15) is 0 Å². The summed E-state index contributed by atoms with van der Waals surface area (Å²) >= 11 is 2.19. The van der Waals surface area contributed by atoms with Crippen molar-refractivity contribution in [2.45, 2.75) is 12.8 Å². The maximum Gasteiger partial charge on any atom is 0.163 e. The minimum Gasteiger partial charge on any atom is -0.398 e. The summed E-state index contributed by atoms with van der Waals surface area (Å²) in [4.78, 5) is 11.3. The molecule has 62 valence electrons. The predicted octanol–water partition coefficient (Wildman–Crippen LogP) is 2.00. The van der Waals surface area contributed by atoms with Gasteiger partial charge in [0, 0.05) is 21.2 Å². The Hall–Kier alpha value is -0.580. The first kappa shape index (κ1) is 8.04. The minimum atomic E-state index is 0.230. The Morgan fingerprint density at radius 2 is 2.08 bits per heavy atom. The summed E-state index contributed by atoms with van der Waals surface area (Å²) in [7, 11) is 0. The van der Waals surface area contributed by atoms with E-state index in [2.05, 4.69) is 22.6 Å². The third kappa shape index (κ3) is 1.03. The van der Waals surface area contributed by atoms with Gasteiger partial charge < -0.3 is 5.73 Å². The van der Waals surface area contributed by atoms with E-state index in [-0.39, 0.29) is 5.78 Å². The molecule has 0 saturated carbocycles. The number of carbonyl (C=O) groups excluding carboxylic acids is 1.